The second kappa shape index (κ2) is 6.28. The van der Waals surface area contributed by atoms with E-state index in [0.29, 0.717) is 32.6 Å². The quantitative estimate of drug-likeness (QED) is 0.843. The van der Waals surface area contributed by atoms with Gasteiger partial charge in [0, 0.05) is 26.5 Å². The van der Waals surface area contributed by atoms with Gasteiger partial charge < -0.3 is 15.4 Å². The maximum atomic E-state index is 12.7. The largest absolute Gasteiger partial charge is 0.392 e. The van der Waals surface area contributed by atoms with Gasteiger partial charge in [-0.3, -0.25) is 9.78 Å². The fourth-order valence-corrected chi connectivity index (χ4v) is 2.75. The first-order chi connectivity index (χ1) is 9.56. The van der Waals surface area contributed by atoms with E-state index in [1.807, 2.05) is 18.2 Å². The zero-order valence-corrected chi connectivity index (χ0v) is 12.4. The molecule has 0 saturated carbocycles. The Morgan fingerprint density at radius 3 is 2.75 bits per heavy atom. The molecule has 0 atom stereocenters. The maximum Gasteiger partial charge on any atom is 0.235 e. The molecule has 1 aliphatic heterocycles. The molecule has 5 nitrogen and oxygen atoms in total. The molecule has 1 aliphatic rings. The minimum absolute atomic E-state index is 0.0426. The molecule has 0 radical (unpaired) electrons. The minimum Gasteiger partial charge on any atom is -0.392 e. The fourth-order valence-electron chi connectivity index (χ4n) is 2.46. The van der Waals surface area contributed by atoms with Crippen molar-refractivity contribution in [1.82, 2.24) is 9.88 Å². The fraction of sp³-hybridized carbons (Fsp3) is 0.500. The van der Waals surface area contributed by atoms with Gasteiger partial charge in [-0.2, -0.15) is 0 Å². The number of pyridine rings is 1. The first kappa shape index (κ1) is 14.9. The highest BCUT2D eigenvalue weighted by Crippen LogP contribution is 2.33. The van der Waals surface area contributed by atoms with Gasteiger partial charge in [0.15, 0.2) is 0 Å². The van der Waals surface area contributed by atoms with Crippen molar-refractivity contribution in [2.75, 3.05) is 20.3 Å². The topological polar surface area (TPSA) is 68.5 Å². The van der Waals surface area contributed by atoms with E-state index in [1.165, 1.54) is 0 Å². The van der Waals surface area contributed by atoms with Crippen LogP contribution in [0.1, 0.15) is 18.5 Å². The standard InChI is InChI=1S/C14H19N3O2S/c1-17(10-11-4-2-3-7-16-11)13(18)14(12(15)20)5-8-19-9-6-14/h2-4,7H,5-6,8-10H2,1H3,(H2,15,20). The van der Waals surface area contributed by atoms with Gasteiger partial charge in [-0.15, -0.1) is 0 Å². The van der Waals surface area contributed by atoms with Crippen molar-refractivity contribution in [3.63, 3.8) is 0 Å². The minimum atomic E-state index is -0.767. The van der Waals surface area contributed by atoms with Crippen molar-refractivity contribution in [1.29, 1.82) is 0 Å². The van der Waals surface area contributed by atoms with Crippen LogP contribution in [-0.2, 0) is 16.1 Å². The Hall–Kier alpha value is -1.53. The van der Waals surface area contributed by atoms with Gasteiger partial charge in [0.2, 0.25) is 5.91 Å². The summed E-state index contributed by atoms with van der Waals surface area (Å²) >= 11 is 5.15. The summed E-state index contributed by atoms with van der Waals surface area (Å²) in [6.07, 6.45) is 2.81. The predicted molar refractivity (Wildman–Crippen MR) is 80.0 cm³/mol. The van der Waals surface area contributed by atoms with E-state index in [0.717, 1.165) is 5.69 Å². The lowest BCUT2D eigenvalue weighted by molar-refractivity contribution is -0.141. The Balaban J connectivity index is 2.13. The lowest BCUT2D eigenvalue weighted by Crippen LogP contribution is -2.52. The molecule has 1 amide bonds. The average molecular weight is 293 g/mol. The van der Waals surface area contributed by atoms with Crippen LogP contribution in [-0.4, -0.2) is 41.0 Å². The van der Waals surface area contributed by atoms with E-state index in [-0.39, 0.29) is 10.9 Å². The van der Waals surface area contributed by atoms with Crippen molar-refractivity contribution in [2.24, 2.45) is 11.1 Å². The molecule has 1 aromatic heterocycles. The van der Waals surface area contributed by atoms with E-state index in [9.17, 15) is 4.79 Å². The molecule has 2 heterocycles. The number of carbonyl (C=O) groups excluding carboxylic acids is 1. The molecule has 2 N–H and O–H groups in total. The maximum absolute atomic E-state index is 12.7. The molecule has 20 heavy (non-hydrogen) atoms. The zero-order chi connectivity index (χ0) is 14.6. The third-order valence-corrected chi connectivity index (χ3v) is 4.09. The highest BCUT2D eigenvalue weighted by Gasteiger charge is 2.44. The first-order valence-corrected chi connectivity index (χ1v) is 7.00. The number of rotatable bonds is 4. The average Bonchev–Trinajstić information content (AvgIpc) is 2.48. The Morgan fingerprint density at radius 2 is 2.20 bits per heavy atom. The molecule has 0 aromatic carbocycles. The molecule has 0 unspecified atom stereocenters. The van der Waals surface area contributed by atoms with Crippen molar-refractivity contribution in [2.45, 2.75) is 19.4 Å². The number of thiocarbonyl (C=S) groups is 1. The Morgan fingerprint density at radius 1 is 1.50 bits per heavy atom. The molecule has 1 aromatic rings. The van der Waals surface area contributed by atoms with Crippen LogP contribution in [0.15, 0.2) is 24.4 Å². The predicted octanol–water partition coefficient (Wildman–Crippen LogP) is 1.12. The Bertz CT molecular complexity index is 486. The SMILES string of the molecule is CN(Cc1ccccn1)C(=O)C1(C(N)=S)CCOCC1. The van der Waals surface area contributed by atoms with Crippen molar-refractivity contribution < 1.29 is 9.53 Å². The van der Waals surface area contributed by atoms with Gasteiger partial charge >= 0.3 is 0 Å². The second-order valence-electron chi connectivity index (χ2n) is 5.04. The Kier molecular flexibility index (Phi) is 4.67. The smallest absolute Gasteiger partial charge is 0.235 e. The van der Waals surface area contributed by atoms with Crippen LogP contribution in [0.5, 0.6) is 0 Å². The number of ether oxygens (including phenoxy) is 1. The first-order valence-electron chi connectivity index (χ1n) is 6.59. The molecule has 0 bridgehead atoms. The van der Waals surface area contributed by atoms with Crippen LogP contribution >= 0.6 is 12.2 Å². The van der Waals surface area contributed by atoms with Crippen LogP contribution in [0.3, 0.4) is 0 Å². The van der Waals surface area contributed by atoms with Gasteiger partial charge in [0.1, 0.15) is 5.41 Å². The number of hydrogen-bond acceptors (Lipinski definition) is 4. The summed E-state index contributed by atoms with van der Waals surface area (Å²) in [7, 11) is 1.76. The summed E-state index contributed by atoms with van der Waals surface area (Å²) < 4.78 is 5.32. The van der Waals surface area contributed by atoms with Crippen molar-refractivity contribution in [3.05, 3.63) is 30.1 Å². The van der Waals surface area contributed by atoms with Crippen LogP contribution in [0.25, 0.3) is 0 Å². The van der Waals surface area contributed by atoms with Crippen LogP contribution in [0.2, 0.25) is 0 Å². The van der Waals surface area contributed by atoms with Gasteiger partial charge in [-0.05, 0) is 25.0 Å². The van der Waals surface area contributed by atoms with E-state index < -0.39 is 5.41 Å². The van der Waals surface area contributed by atoms with Gasteiger partial charge in [-0.1, -0.05) is 18.3 Å². The van der Waals surface area contributed by atoms with Crippen molar-refractivity contribution >= 4 is 23.1 Å². The van der Waals surface area contributed by atoms with Gasteiger partial charge in [0.25, 0.3) is 0 Å². The van der Waals surface area contributed by atoms with Crippen LogP contribution < -0.4 is 5.73 Å². The summed E-state index contributed by atoms with van der Waals surface area (Å²) in [5, 5.41) is 0. The number of carbonyl (C=O) groups is 1. The summed E-state index contributed by atoms with van der Waals surface area (Å²) in [5.41, 5.74) is 5.92. The molecular formula is C14H19N3O2S. The van der Waals surface area contributed by atoms with E-state index in [1.54, 1.807) is 18.1 Å². The van der Waals surface area contributed by atoms with Crippen LogP contribution in [0.4, 0.5) is 0 Å². The third kappa shape index (κ3) is 2.96. The number of hydrogen-bond donors (Lipinski definition) is 1. The second-order valence-corrected chi connectivity index (χ2v) is 5.48. The summed E-state index contributed by atoms with van der Waals surface area (Å²) in [6, 6.07) is 5.64. The number of aromatic nitrogens is 1. The highest BCUT2D eigenvalue weighted by atomic mass is 32.1. The molecular weight excluding hydrogens is 274 g/mol. The third-order valence-electron chi connectivity index (χ3n) is 3.70. The Labute approximate surface area is 124 Å². The molecule has 2 rings (SSSR count). The lowest BCUT2D eigenvalue weighted by atomic mass is 9.78. The normalized spacial score (nSPS) is 17.4. The monoisotopic (exact) mass is 293 g/mol. The number of nitrogens with zero attached hydrogens (tertiary/aromatic N) is 2. The van der Waals surface area contributed by atoms with Gasteiger partial charge in [-0.25, -0.2) is 0 Å². The molecule has 1 saturated heterocycles. The summed E-state index contributed by atoms with van der Waals surface area (Å²) in [5.74, 6) is -0.0426. The summed E-state index contributed by atoms with van der Waals surface area (Å²) in [6.45, 7) is 1.48. The molecule has 1 fully saturated rings. The molecule has 0 spiro atoms. The van der Waals surface area contributed by atoms with Crippen molar-refractivity contribution in [3.8, 4) is 0 Å². The summed E-state index contributed by atoms with van der Waals surface area (Å²) in [4.78, 5) is 18.9. The molecule has 0 aliphatic carbocycles. The number of amides is 1. The van der Waals surface area contributed by atoms with E-state index in [4.69, 9.17) is 22.7 Å². The zero-order valence-electron chi connectivity index (χ0n) is 11.5. The highest BCUT2D eigenvalue weighted by molar-refractivity contribution is 7.80. The van der Waals surface area contributed by atoms with E-state index >= 15 is 0 Å². The lowest BCUT2D eigenvalue weighted by Gasteiger charge is -2.37. The molecule has 108 valence electrons. The number of nitrogens with two attached hydrogens (primary N) is 1. The van der Waals surface area contributed by atoms with E-state index in [2.05, 4.69) is 4.98 Å². The van der Waals surface area contributed by atoms with Gasteiger partial charge in [0.05, 0.1) is 17.2 Å². The molecule has 6 heteroatoms. The van der Waals surface area contributed by atoms with Crippen LogP contribution in [0, 0.1) is 5.41 Å².